The Morgan fingerprint density at radius 2 is 2.16 bits per heavy atom. The first-order valence-electron chi connectivity index (χ1n) is 7.78. The number of aromatic nitrogens is 2. The van der Waals surface area contributed by atoms with Gasteiger partial charge in [-0.05, 0) is 23.8 Å². The predicted octanol–water partition coefficient (Wildman–Crippen LogP) is 2.97. The molecule has 0 aliphatic carbocycles. The molecule has 0 fully saturated rings. The van der Waals surface area contributed by atoms with Gasteiger partial charge < -0.3 is 9.72 Å². The van der Waals surface area contributed by atoms with Crippen molar-refractivity contribution in [2.45, 2.75) is 17.9 Å². The quantitative estimate of drug-likeness (QED) is 0.761. The van der Waals surface area contributed by atoms with Gasteiger partial charge in [-0.15, -0.1) is 0 Å². The third kappa shape index (κ3) is 2.78. The van der Waals surface area contributed by atoms with E-state index in [1.54, 1.807) is 30.5 Å². The highest BCUT2D eigenvalue weighted by Crippen LogP contribution is 2.31. The van der Waals surface area contributed by atoms with Crippen LogP contribution in [-0.4, -0.2) is 36.3 Å². The van der Waals surface area contributed by atoms with Crippen molar-refractivity contribution in [1.82, 2.24) is 14.3 Å². The summed E-state index contributed by atoms with van der Waals surface area (Å²) in [5.41, 5.74) is 2.68. The number of H-pyrrole nitrogens is 1. The minimum atomic E-state index is -3.61. The standard InChI is InChI=1S/C17H16ClN3O3S/c1-24-12-3-2-4-13(8-12)25(22,23)21-6-5-16-15(10-21)14-7-11(18)9-19-17(14)20-16/h2-4,7-9H,5-6,10H2,1H3,(H,19,20). The van der Waals surface area contributed by atoms with Gasteiger partial charge in [0.05, 0.1) is 17.0 Å². The maximum absolute atomic E-state index is 13.0. The van der Waals surface area contributed by atoms with E-state index in [0.29, 0.717) is 23.7 Å². The number of methoxy groups -OCH3 is 1. The zero-order chi connectivity index (χ0) is 17.6. The van der Waals surface area contributed by atoms with Crippen LogP contribution in [0.4, 0.5) is 0 Å². The fraction of sp³-hybridized carbons (Fsp3) is 0.235. The normalized spacial score (nSPS) is 15.3. The van der Waals surface area contributed by atoms with Gasteiger partial charge in [0.15, 0.2) is 0 Å². The summed E-state index contributed by atoms with van der Waals surface area (Å²) in [6.07, 6.45) is 2.18. The Hall–Kier alpha value is -2.09. The molecule has 3 aromatic rings. The molecule has 0 radical (unpaired) electrons. The van der Waals surface area contributed by atoms with Crippen molar-refractivity contribution in [3.05, 3.63) is 52.8 Å². The Balaban J connectivity index is 1.74. The molecule has 0 saturated heterocycles. The molecule has 1 aromatic carbocycles. The minimum Gasteiger partial charge on any atom is -0.497 e. The molecule has 0 spiro atoms. The highest BCUT2D eigenvalue weighted by atomic mass is 35.5. The largest absolute Gasteiger partial charge is 0.497 e. The first-order valence-corrected chi connectivity index (χ1v) is 9.60. The van der Waals surface area contributed by atoms with Crippen LogP contribution in [0.15, 0.2) is 41.4 Å². The summed E-state index contributed by atoms with van der Waals surface area (Å²) >= 11 is 6.05. The average molecular weight is 378 g/mol. The third-order valence-electron chi connectivity index (χ3n) is 4.44. The molecular formula is C17H16ClN3O3S. The maximum Gasteiger partial charge on any atom is 0.243 e. The first-order chi connectivity index (χ1) is 12.0. The van der Waals surface area contributed by atoms with Crippen LogP contribution in [0.25, 0.3) is 11.0 Å². The van der Waals surface area contributed by atoms with Crippen molar-refractivity contribution in [2.24, 2.45) is 0 Å². The molecule has 2 aromatic heterocycles. The van der Waals surface area contributed by atoms with E-state index in [1.807, 2.05) is 6.07 Å². The van der Waals surface area contributed by atoms with Crippen LogP contribution in [0.2, 0.25) is 5.02 Å². The molecule has 1 N–H and O–H groups in total. The van der Waals surface area contributed by atoms with Crippen molar-refractivity contribution < 1.29 is 13.2 Å². The molecule has 8 heteroatoms. The van der Waals surface area contributed by atoms with E-state index >= 15 is 0 Å². The van der Waals surface area contributed by atoms with E-state index < -0.39 is 10.0 Å². The van der Waals surface area contributed by atoms with E-state index in [-0.39, 0.29) is 11.4 Å². The summed E-state index contributed by atoms with van der Waals surface area (Å²) in [5, 5.41) is 1.40. The van der Waals surface area contributed by atoms with Crippen molar-refractivity contribution in [2.75, 3.05) is 13.7 Å². The second kappa shape index (κ2) is 6.01. The van der Waals surface area contributed by atoms with Gasteiger partial charge in [0.1, 0.15) is 11.4 Å². The molecule has 4 rings (SSSR count). The van der Waals surface area contributed by atoms with Crippen LogP contribution in [0.1, 0.15) is 11.3 Å². The second-order valence-corrected chi connectivity index (χ2v) is 8.27. The number of sulfonamides is 1. The van der Waals surface area contributed by atoms with Crippen LogP contribution < -0.4 is 4.74 Å². The number of hydrogen-bond donors (Lipinski definition) is 1. The van der Waals surface area contributed by atoms with Crippen LogP contribution >= 0.6 is 11.6 Å². The average Bonchev–Trinajstić information content (AvgIpc) is 2.99. The third-order valence-corrected chi connectivity index (χ3v) is 6.49. The number of nitrogens with one attached hydrogen (secondary N) is 1. The molecule has 25 heavy (non-hydrogen) atoms. The molecule has 1 aliphatic heterocycles. The fourth-order valence-corrected chi connectivity index (χ4v) is 4.75. The Morgan fingerprint density at radius 3 is 2.96 bits per heavy atom. The van der Waals surface area contributed by atoms with Gasteiger partial charge in [-0.3, -0.25) is 0 Å². The van der Waals surface area contributed by atoms with E-state index in [4.69, 9.17) is 16.3 Å². The number of fused-ring (bicyclic) bond motifs is 3. The Bertz CT molecular complexity index is 1060. The fourth-order valence-electron chi connectivity index (χ4n) is 3.15. The summed E-state index contributed by atoms with van der Waals surface area (Å²) in [6, 6.07) is 8.34. The zero-order valence-corrected chi connectivity index (χ0v) is 15.1. The highest BCUT2D eigenvalue weighted by Gasteiger charge is 2.30. The van der Waals surface area contributed by atoms with E-state index in [2.05, 4.69) is 9.97 Å². The zero-order valence-electron chi connectivity index (χ0n) is 13.5. The number of rotatable bonds is 3. The minimum absolute atomic E-state index is 0.228. The van der Waals surface area contributed by atoms with E-state index in [0.717, 1.165) is 22.3 Å². The monoisotopic (exact) mass is 377 g/mol. The van der Waals surface area contributed by atoms with Gasteiger partial charge in [-0.2, -0.15) is 4.31 Å². The molecular weight excluding hydrogens is 362 g/mol. The smallest absolute Gasteiger partial charge is 0.243 e. The summed E-state index contributed by atoms with van der Waals surface area (Å²) in [5.74, 6) is 0.516. The number of hydrogen-bond acceptors (Lipinski definition) is 4. The van der Waals surface area contributed by atoms with Gasteiger partial charge in [0, 0.05) is 42.9 Å². The topological polar surface area (TPSA) is 75.3 Å². The number of nitrogens with zero attached hydrogens (tertiary/aromatic N) is 2. The van der Waals surface area contributed by atoms with Crippen molar-refractivity contribution >= 4 is 32.7 Å². The van der Waals surface area contributed by atoms with Crippen LogP contribution in [0.5, 0.6) is 5.75 Å². The van der Waals surface area contributed by atoms with Crippen LogP contribution in [0.3, 0.4) is 0 Å². The van der Waals surface area contributed by atoms with Gasteiger partial charge in [0.25, 0.3) is 0 Å². The molecule has 3 heterocycles. The van der Waals surface area contributed by atoms with E-state index in [1.165, 1.54) is 11.4 Å². The summed E-state index contributed by atoms with van der Waals surface area (Å²) < 4.78 is 32.6. The van der Waals surface area contributed by atoms with Gasteiger partial charge in [-0.25, -0.2) is 13.4 Å². The first kappa shape index (κ1) is 16.4. The number of aromatic amines is 1. The lowest BCUT2D eigenvalue weighted by Gasteiger charge is -2.26. The molecule has 0 saturated carbocycles. The molecule has 0 atom stereocenters. The molecule has 6 nitrogen and oxygen atoms in total. The van der Waals surface area contributed by atoms with Crippen molar-refractivity contribution in [3.8, 4) is 5.75 Å². The van der Waals surface area contributed by atoms with Gasteiger partial charge in [0.2, 0.25) is 10.0 Å². The lowest BCUT2D eigenvalue weighted by Crippen LogP contribution is -2.35. The number of halogens is 1. The van der Waals surface area contributed by atoms with Gasteiger partial charge >= 0.3 is 0 Å². The lowest BCUT2D eigenvalue weighted by atomic mass is 10.1. The van der Waals surface area contributed by atoms with E-state index in [9.17, 15) is 8.42 Å². The Kier molecular flexibility index (Phi) is 3.94. The molecule has 0 bridgehead atoms. The number of ether oxygens (including phenoxy) is 1. The van der Waals surface area contributed by atoms with Crippen LogP contribution in [-0.2, 0) is 23.0 Å². The van der Waals surface area contributed by atoms with Crippen LogP contribution in [0, 0.1) is 0 Å². The lowest BCUT2D eigenvalue weighted by molar-refractivity contribution is 0.389. The summed E-state index contributed by atoms with van der Waals surface area (Å²) in [6.45, 7) is 0.698. The number of pyridine rings is 1. The molecule has 130 valence electrons. The predicted molar refractivity (Wildman–Crippen MR) is 95.4 cm³/mol. The van der Waals surface area contributed by atoms with Gasteiger partial charge in [-0.1, -0.05) is 17.7 Å². The molecule has 0 amide bonds. The SMILES string of the molecule is COc1cccc(S(=O)(=O)N2CCc3[nH]c4ncc(Cl)cc4c3C2)c1. The Morgan fingerprint density at radius 1 is 1.32 bits per heavy atom. The maximum atomic E-state index is 13.0. The number of benzene rings is 1. The van der Waals surface area contributed by atoms with Crippen molar-refractivity contribution in [1.29, 1.82) is 0 Å². The summed E-state index contributed by atoms with van der Waals surface area (Å²) in [7, 11) is -2.09. The highest BCUT2D eigenvalue weighted by molar-refractivity contribution is 7.89. The summed E-state index contributed by atoms with van der Waals surface area (Å²) in [4.78, 5) is 7.77. The Labute approximate surface area is 150 Å². The second-order valence-electron chi connectivity index (χ2n) is 5.90. The molecule has 0 unspecified atom stereocenters. The van der Waals surface area contributed by atoms with Crippen molar-refractivity contribution in [3.63, 3.8) is 0 Å². The molecule has 1 aliphatic rings.